The molecule has 0 unspecified atom stereocenters. The molecule has 0 radical (unpaired) electrons. The molecule has 3 spiro atoms. The van der Waals surface area contributed by atoms with Gasteiger partial charge in [-0.1, -0.05) is 43.1 Å². The number of nitrogens with one attached hydrogen (secondary N) is 3. The first-order valence-corrected chi connectivity index (χ1v) is 16.2. The number of hydrogen-bond donors (Lipinski definition) is 5. The highest BCUT2D eigenvalue weighted by atomic mass is 35.5. The van der Waals surface area contributed by atoms with Crippen molar-refractivity contribution in [1.82, 2.24) is 15.6 Å². The third kappa shape index (κ3) is 4.31. The number of rotatable bonds is 5. The van der Waals surface area contributed by atoms with Gasteiger partial charge < -0.3 is 20.8 Å². The Kier molecular flexibility index (Phi) is 6.78. The molecule has 7 rings (SSSR count). The van der Waals surface area contributed by atoms with Gasteiger partial charge in [0.25, 0.3) is 0 Å². The molecule has 2 aromatic rings. The first-order valence-electron chi connectivity index (χ1n) is 15.4. The Bertz CT molecular complexity index is 1470. The van der Waals surface area contributed by atoms with Crippen molar-refractivity contribution in [3.63, 3.8) is 0 Å². The van der Waals surface area contributed by atoms with E-state index in [1.807, 2.05) is 18.2 Å². The summed E-state index contributed by atoms with van der Waals surface area (Å²) in [6.07, 6.45) is 8.16. The molecule has 230 valence electrons. The molecule has 0 bridgehead atoms. The summed E-state index contributed by atoms with van der Waals surface area (Å²) in [6, 6.07) is 8.58. The topological polar surface area (TPSA) is 124 Å². The fourth-order valence-corrected chi connectivity index (χ4v) is 10.1. The van der Waals surface area contributed by atoms with Crippen LogP contribution in [0, 0.1) is 16.2 Å². The molecular weight excluding hydrogens is 587 g/mol. The maximum Gasteiger partial charge on any atom is 0.238 e. The first kappa shape index (κ1) is 29.5. The number of benzene rings is 1. The van der Waals surface area contributed by atoms with E-state index in [9.17, 15) is 19.8 Å². The van der Waals surface area contributed by atoms with E-state index in [2.05, 4.69) is 34.8 Å². The normalized spacial score (nSPS) is 31.0. The minimum absolute atomic E-state index is 0.00708. The number of aliphatic hydroxyl groups excluding tert-OH is 2. The third-order valence-corrected chi connectivity index (χ3v) is 12.2. The van der Waals surface area contributed by atoms with Crippen molar-refractivity contribution in [2.75, 3.05) is 18.5 Å². The predicted octanol–water partition coefficient (Wildman–Crippen LogP) is 4.70. The fraction of sp³-hybridized carbons (Fsp3) is 0.606. The molecule has 3 heterocycles. The molecule has 5 aliphatic rings. The van der Waals surface area contributed by atoms with Crippen molar-refractivity contribution in [2.24, 2.45) is 16.2 Å². The van der Waals surface area contributed by atoms with Crippen LogP contribution < -0.4 is 16.0 Å². The van der Waals surface area contributed by atoms with Crippen LogP contribution in [0.15, 0.2) is 36.5 Å². The zero-order valence-electron chi connectivity index (χ0n) is 24.7. The summed E-state index contributed by atoms with van der Waals surface area (Å²) in [5.41, 5.74) is 0.437. The highest BCUT2D eigenvalue weighted by Gasteiger charge is 2.73. The molecule has 5 N–H and O–H groups in total. The quantitative estimate of drug-likeness (QED) is 0.307. The second-order valence-electron chi connectivity index (χ2n) is 15.0. The summed E-state index contributed by atoms with van der Waals surface area (Å²) in [5, 5.41) is 30.7. The average molecular weight is 628 g/mol. The summed E-state index contributed by atoms with van der Waals surface area (Å²) in [5.74, 6) is -0.776. The van der Waals surface area contributed by atoms with Crippen LogP contribution in [0.25, 0.3) is 0 Å². The van der Waals surface area contributed by atoms with Crippen LogP contribution in [-0.4, -0.2) is 57.8 Å². The number of fused-ring (bicyclic) bond motifs is 3. The van der Waals surface area contributed by atoms with Gasteiger partial charge in [0.15, 0.2) is 0 Å². The van der Waals surface area contributed by atoms with E-state index >= 15 is 0 Å². The van der Waals surface area contributed by atoms with Crippen molar-refractivity contribution in [3.8, 4) is 0 Å². The lowest BCUT2D eigenvalue weighted by Crippen LogP contribution is -2.63. The van der Waals surface area contributed by atoms with Gasteiger partial charge in [0.2, 0.25) is 11.8 Å². The van der Waals surface area contributed by atoms with Gasteiger partial charge in [0.1, 0.15) is 10.6 Å². The molecule has 4 fully saturated rings. The number of hydrogen-bond acceptors (Lipinski definition) is 6. The number of aromatic nitrogens is 1. The van der Waals surface area contributed by atoms with Gasteiger partial charge in [-0.3, -0.25) is 14.9 Å². The van der Waals surface area contributed by atoms with E-state index in [0.29, 0.717) is 15.9 Å². The Morgan fingerprint density at radius 2 is 1.74 bits per heavy atom. The molecule has 3 atom stereocenters. The maximum atomic E-state index is 14.6. The molecule has 10 heteroatoms. The Balaban J connectivity index is 1.28. The Hall–Kier alpha value is -2.23. The maximum absolute atomic E-state index is 14.6. The number of nitrogens with zero attached hydrogens (tertiary/aromatic N) is 1. The van der Waals surface area contributed by atoms with Crippen molar-refractivity contribution < 1.29 is 19.8 Å². The van der Waals surface area contributed by atoms with E-state index in [0.717, 1.165) is 62.5 Å². The second kappa shape index (κ2) is 9.88. The van der Waals surface area contributed by atoms with Crippen molar-refractivity contribution in [1.29, 1.82) is 0 Å². The molecule has 1 aromatic carbocycles. The van der Waals surface area contributed by atoms with Crippen LogP contribution in [0.5, 0.6) is 0 Å². The molecule has 3 aliphatic carbocycles. The lowest BCUT2D eigenvalue weighted by atomic mass is 9.44. The van der Waals surface area contributed by atoms with Crippen LogP contribution in [0.1, 0.15) is 82.3 Å². The molecule has 1 saturated heterocycles. The van der Waals surface area contributed by atoms with E-state index in [1.165, 1.54) is 0 Å². The first-order chi connectivity index (χ1) is 20.4. The molecule has 8 nitrogen and oxygen atoms in total. The largest absolute Gasteiger partial charge is 0.396 e. The number of aliphatic hydroxyl groups is 2. The fourth-order valence-electron chi connectivity index (χ4n) is 9.78. The van der Waals surface area contributed by atoms with Gasteiger partial charge in [-0.25, -0.2) is 4.98 Å². The number of amides is 2. The zero-order chi connectivity index (χ0) is 30.4. The Morgan fingerprint density at radius 1 is 1.05 bits per heavy atom. The summed E-state index contributed by atoms with van der Waals surface area (Å²) in [7, 11) is 0. The molecule has 43 heavy (non-hydrogen) atoms. The minimum Gasteiger partial charge on any atom is -0.396 e. The number of halogens is 2. The van der Waals surface area contributed by atoms with E-state index in [-0.39, 0.29) is 41.9 Å². The molecule has 2 aliphatic heterocycles. The van der Waals surface area contributed by atoms with Crippen molar-refractivity contribution in [2.45, 2.75) is 94.2 Å². The van der Waals surface area contributed by atoms with Gasteiger partial charge >= 0.3 is 0 Å². The standard InChI is InChI=1S/C33H40Cl2N4O4/c1-29(2)6-8-32(9-7-29)33(22-4-3-20(34)12-23(22)38-28(33)43)25(19-5-10-36-24(35)11-19)26(39-32)27(42)37-21-13-30(14-21)15-31(16-30,17-40)18-41/h3-5,10-12,21,25-26,39-41H,6-9,13-18H2,1-2H3,(H,37,42)(H,38,43)/t25-,26+,33+/m0/s1. The Morgan fingerprint density at radius 3 is 2.40 bits per heavy atom. The smallest absolute Gasteiger partial charge is 0.238 e. The van der Waals surface area contributed by atoms with Crippen LogP contribution in [0.2, 0.25) is 10.2 Å². The van der Waals surface area contributed by atoms with E-state index in [1.54, 1.807) is 18.3 Å². The minimum atomic E-state index is -1.06. The molecule has 1 aromatic heterocycles. The van der Waals surface area contributed by atoms with Crippen LogP contribution >= 0.6 is 23.2 Å². The highest BCUT2D eigenvalue weighted by Crippen LogP contribution is 2.65. The van der Waals surface area contributed by atoms with E-state index in [4.69, 9.17) is 23.2 Å². The monoisotopic (exact) mass is 626 g/mol. The van der Waals surface area contributed by atoms with E-state index < -0.39 is 28.3 Å². The average Bonchev–Trinajstić information content (AvgIpc) is 3.39. The van der Waals surface area contributed by atoms with Gasteiger partial charge in [-0.05, 0) is 97.6 Å². The third-order valence-electron chi connectivity index (χ3n) is 11.7. The number of carbonyl (C=O) groups is 2. The summed E-state index contributed by atoms with van der Waals surface area (Å²) >= 11 is 12.9. The van der Waals surface area contributed by atoms with Crippen LogP contribution in [0.4, 0.5) is 5.69 Å². The van der Waals surface area contributed by atoms with Gasteiger partial charge in [-0.2, -0.15) is 0 Å². The number of anilines is 1. The van der Waals surface area contributed by atoms with Crippen molar-refractivity contribution >= 4 is 40.7 Å². The van der Waals surface area contributed by atoms with Gasteiger partial charge in [0, 0.05) is 39.8 Å². The summed E-state index contributed by atoms with van der Waals surface area (Å²) < 4.78 is 0. The Labute approximate surface area is 262 Å². The summed E-state index contributed by atoms with van der Waals surface area (Å²) in [6.45, 7) is 4.51. The van der Waals surface area contributed by atoms with Gasteiger partial charge in [-0.15, -0.1) is 0 Å². The lowest BCUT2D eigenvalue weighted by molar-refractivity contribution is -0.157. The van der Waals surface area contributed by atoms with Gasteiger partial charge in [0.05, 0.1) is 19.3 Å². The van der Waals surface area contributed by atoms with Crippen LogP contribution in [0.3, 0.4) is 0 Å². The SMILES string of the molecule is CC1(C)CCC2(CC1)N[C@@H](C(=O)NC1CC3(C1)CC(CO)(CO)C3)[C@H](c1ccnc(Cl)c1)[C@]21C(=O)Nc2cc(Cl)ccc21. The summed E-state index contributed by atoms with van der Waals surface area (Å²) in [4.78, 5) is 33.2. The highest BCUT2D eigenvalue weighted by molar-refractivity contribution is 6.31. The lowest BCUT2D eigenvalue weighted by Gasteiger charge is -2.62. The molecule has 2 amide bonds. The number of pyridine rings is 1. The molecule has 3 saturated carbocycles. The number of carbonyl (C=O) groups excluding carboxylic acids is 2. The van der Waals surface area contributed by atoms with Crippen molar-refractivity contribution in [3.05, 3.63) is 57.8 Å². The molecular formula is C33H40Cl2N4O4. The second-order valence-corrected chi connectivity index (χ2v) is 15.8. The zero-order valence-corrected chi connectivity index (χ0v) is 26.2. The van der Waals surface area contributed by atoms with Crippen LogP contribution in [-0.2, 0) is 15.0 Å². The predicted molar refractivity (Wildman–Crippen MR) is 165 cm³/mol.